The van der Waals surface area contributed by atoms with E-state index < -0.39 is 27.9 Å². The fourth-order valence-electron chi connectivity index (χ4n) is 2.92. The monoisotopic (exact) mass is 434 g/mol. The predicted molar refractivity (Wildman–Crippen MR) is 115 cm³/mol. The molecule has 2 aromatic carbocycles. The Morgan fingerprint density at radius 2 is 1.63 bits per heavy atom. The van der Waals surface area contributed by atoms with E-state index in [9.17, 15) is 18.0 Å². The SMILES string of the molecule is CCOC(=O)c1ccc(NC(=O)[C@H](CC)N(c2ccc(OC)cc2)S(C)(=O)=O)cc1. The van der Waals surface area contributed by atoms with Crippen LogP contribution in [0.25, 0.3) is 0 Å². The van der Waals surface area contributed by atoms with E-state index in [1.165, 1.54) is 19.2 Å². The van der Waals surface area contributed by atoms with E-state index in [0.29, 0.717) is 22.7 Å². The predicted octanol–water partition coefficient (Wildman–Crippen LogP) is 3.06. The molecule has 162 valence electrons. The number of hydrogen-bond acceptors (Lipinski definition) is 6. The maximum Gasteiger partial charge on any atom is 0.338 e. The van der Waals surface area contributed by atoms with Crippen molar-refractivity contribution in [3.8, 4) is 5.75 Å². The van der Waals surface area contributed by atoms with Crippen molar-refractivity contribution in [2.45, 2.75) is 26.3 Å². The van der Waals surface area contributed by atoms with E-state index in [2.05, 4.69) is 5.32 Å². The number of esters is 1. The number of nitrogens with zero attached hydrogens (tertiary/aromatic N) is 1. The third kappa shape index (κ3) is 5.73. The molecule has 1 amide bonds. The molecule has 0 bridgehead atoms. The van der Waals surface area contributed by atoms with Crippen molar-refractivity contribution in [1.82, 2.24) is 0 Å². The minimum Gasteiger partial charge on any atom is -0.497 e. The van der Waals surface area contributed by atoms with Crippen LogP contribution in [-0.4, -0.2) is 46.3 Å². The molecule has 0 aliphatic rings. The van der Waals surface area contributed by atoms with E-state index >= 15 is 0 Å². The fraction of sp³-hybridized carbons (Fsp3) is 0.333. The largest absolute Gasteiger partial charge is 0.497 e. The molecule has 2 rings (SSSR count). The molecule has 0 radical (unpaired) electrons. The lowest BCUT2D eigenvalue weighted by molar-refractivity contribution is -0.117. The number of benzene rings is 2. The quantitative estimate of drug-likeness (QED) is 0.609. The topological polar surface area (TPSA) is 102 Å². The molecule has 0 fully saturated rings. The zero-order valence-corrected chi connectivity index (χ0v) is 18.2. The number of nitrogens with one attached hydrogen (secondary N) is 1. The Kier molecular flexibility index (Phi) is 7.82. The Hall–Kier alpha value is -3.07. The summed E-state index contributed by atoms with van der Waals surface area (Å²) in [5.41, 5.74) is 1.16. The number of anilines is 2. The molecule has 0 heterocycles. The van der Waals surface area contributed by atoms with Crippen molar-refractivity contribution in [3.63, 3.8) is 0 Å². The van der Waals surface area contributed by atoms with Gasteiger partial charge in [0.2, 0.25) is 15.9 Å². The van der Waals surface area contributed by atoms with Crippen LogP contribution in [-0.2, 0) is 19.6 Å². The fourth-order valence-corrected chi connectivity index (χ4v) is 4.13. The normalized spacial score (nSPS) is 12.0. The van der Waals surface area contributed by atoms with E-state index in [4.69, 9.17) is 9.47 Å². The molecule has 8 nitrogen and oxygen atoms in total. The number of carbonyl (C=O) groups excluding carboxylic acids is 2. The van der Waals surface area contributed by atoms with Gasteiger partial charge in [-0.25, -0.2) is 13.2 Å². The number of hydrogen-bond donors (Lipinski definition) is 1. The Balaban J connectivity index is 2.26. The van der Waals surface area contributed by atoms with Crippen molar-refractivity contribution in [2.24, 2.45) is 0 Å². The van der Waals surface area contributed by atoms with Crippen LogP contribution in [0.15, 0.2) is 48.5 Å². The first-order chi connectivity index (χ1) is 14.2. The number of ether oxygens (including phenoxy) is 2. The molecule has 0 aliphatic carbocycles. The molecular formula is C21H26N2O6S. The summed E-state index contributed by atoms with van der Waals surface area (Å²) in [6, 6.07) is 11.7. The molecule has 1 atom stereocenters. The molecule has 0 unspecified atom stereocenters. The van der Waals surface area contributed by atoms with Gasteiger partial charge in [-0.15, -0.1) is 0 Å². The first-order valence-electron chi connectivity index (χ1n) is 9.42. The summed E-state index contributed by atoms with van der Waals surface area (Å²) in [6.07, 6.45) is 1.31. The Morgan fingerprint density at radius 1 is 1.03 bits per heavy atom. The van der Waals surface area contributed by atoms with Gasteiger partial charge in [-0.3, -0.25) is 9.10 Å². The molecule has 0 spiro atoms. The van der Waals surface area contributed by atoms with Crippen LogP contribution in [0, 0.1) is 0 Å². The first-order valence-corrected chi connectivity index (χ1v) is 11.3. The third-order valence-corrected chi connectivity index (χ3v) is 5.50. The second-order valence-electron chi connectivity index (χ2n) is 6.47. The highest BCUT2D eigenvalue weighted by atomic mass is 32.2. The van der Waals surface area contributed by atoms with Gasteiger partial charge in [0.25, 0.3) is 0 Å². The number of sulfonamides is 1. The van der Waals surface area contributed by atoms with Crippen LogP contribution in [0.5, 0.6) is 5.75 Å². The van der Waals surface area contributed by atoms with Crippen molar-refractivity contribution in [3.05, 3.63) is 54.1 Å². The van der Waals surface area contributed by atoms with Gasteiger partial charge in [0, 0.05) is 5.69 Å². The first kappa shape index (κ1) is 23.2. The Bertz CT molecular complexity index is 972. The van der Waals surface area contributed by atoms with E-state index in [-0.39, 0.29) is 13.0 Å². The second kappa shape index (κ2) is 10.1. The number of rotatable bonds is 9. The Labute approximate surface area is 176 Å². The van der Waals surface area contributed by atoms with Crippen molar-refractivity contribution in [2.75, 3.05) is 29.6 Å². The van der Waals surface area contributed by atoms with E-state index in [0.717, 1.165) is 10.6 Å². The smallest absolute Gasteiger partial charge is 0.338 e. The van der Waals surface area contributed by atoms with Gasteiger partial charge < -0.3 is 14.8 Å². The van der Waals surface area contributed by atoms with Gasteiger partial charge in [0.1, 0.15) is 11.8 Å². The van der Waals surface area contributed by atoms with Crippen molar-refractivity contribution >= 4 is 33.3 Å². The number of methoxy groups -OCH3 is 1. The summed E-state index contributed by atoms with van der Waals surface area (Å²) in [6.45, 7) is 3.71. The minimum atomic E-state index is -3.74. The average molecular weight is 435 g/mol. The zero-order valence-electron chi connectivity index (χ0n) is 17.4. The van der Waals surface area contributed by atoms with Crippen LogP contribution in [0.4, 0.5) is 11.4 Å². The summed E-state index contributed by atoms with van der Waals surface area (Å²) in [5, 5.41) is 2.71. The summed E-state index contributed by atoms with van der Waals surface area (Å²) in [7, 11) is -2.23. The van der Waals surface area contributed by atoms with E-state index in [1.807, 2.05) is 0 Å². The van der Waals surface area contributed by atoms with Gasteiger partial charge in [-0.2, -0.15) is 0 Å². The summed E-state index contributed by atoms with van der Waals surface area (Å²) in [5.74, 6) is -0.362. The summed E-state index contributed by atoms with van der Waals surface area (Å²) >= 11 is 0. The highest BCUT2D eigenvalue weighted by Crippen LogP contribution is 2.25. The van der Waals surface area contributed by atoms with Gasteiger partial charge >= 0.3 is 5.97 Å². The van der Waals surface area contributed by atoms with Gasteiger partial charge in [0.15, 0.2) is 0 Å². The molecule has 0 aliphatic heterocycles. The zero-order chi connectivity index (χ0) is 22.3. The van der Waals surface area contributed by atoms with Gasteiger partial charge in [0.05, 0.1) is 31.2 Å². The van der Waals surface area contributed by atoms with Crippen LogP contribution < -0.4 is 14.4 Å². The summed E-state index contributed by atoms with van der Waals surface area (Å²) in [4.78, 5) is 24.7. The molecule has 0 saturated heterocycles. The minimum absolute atomic E-state index is 0.256. The average Bonchev–Trinajstić information content (AvgIpc) is 2.71. The van der Waals surface area contributed by atoms with Crippen LogP contribution in [0.3, 0.4) is 0 Å². The Morgan fingerprint density at radius 3 is 2.10 bits per heavy atom. The lowest BCUT2D eigenvalue weighted by Gasteiger charge is -2.30. The second-order valence-corrected chi connectivity index (χ2v) is 8.33. The molecule has 30 heavy (non-hydrogen) atoms. The number of amides is 1. The maximum atomic E-state index is 12.9. The molecule has 2 aromatic rings. The molecule has 9 heteroatoms. The van der Waals surface area contributed by atoms with Crippen molar-refractivity contribution < 1.29 is 27.5 Å². The van der Waals surface area contributed by atoms with Crippen LogP contribution in [0.1, 0.15) is 30.6 Å². The highest BCUT2D eigenvalue weighted by molar-refractivity contribution is 7.92. The lowest BCUT2D eigenvalue weighted by Crippen LogP contribution is -2.47. The lowest BCUT2D eigenvalue weighted by atomic mass is 10.1. The summed E-state index contributed by atoms with van der Waals surface area (Å²) < 4.78 is 36.1. The standard InChI is InChI=1S/C21H26N2O6S/c1-5-19(23(30(4,26)27)17-11-13-18(28-3)14-12-17)20(24)22-16-9-7-15(8-10-16)21(25)29-6-2/h7-14,19H,5-6H2,1-4H3,(H,22,24)/t19-/m0/s1. The van der Waals surface area contributed by atoms with Gasteiger partial charge in [-0.1, -0.05) is 6.92 Å². The maximum absolute atomic E-state index is 12.9. The van der Waals surface area contributed by atoms with Crippen LogP contribution >= 0.6 is 0 Å². The highest BCUT2D eigenvalue weighted by Gasteiger charge is 2.31. The van der Waals surface area contributed by atoms with Crippen LogP contribution in [0.2, 0.25) is 0 Å². The van der Waals surface area contributed by atoms with Crippen molar-refractivity contribution in [1.29, 1.82) is 0 Å². The molecule has 0 saturated carbocycles. The molecule has 0 aromatic heterocycles. The number of carbonyl (C=O) groups is 2. The van der Waals surface area contributed by atoms with Gasteiger partial charge in [-0.05, 0) is 61.9 Å². The van der Waals surface area contributed by atoms with E-state index in [1.54, 1.807) is 50.2 Å². The molecule has 1 N–H and O–H groups in total. The third-order valence-electron chi connectivity index (χ3n) is 4.32. The molecular weight excluding hydrogens is 408 g/mol.